The number of nitrogens with one attached hydrogen (secondary N) is 2. The summed E-state index contributed by atoms with van der Waals surface area (Å²) in [7, 11) is 1.49. The molecule has 6 heteroatoms. The SMILES string of the molecule is CCCN/C=C(/C#N)C(=O)Nc1cc(Cl)ccc1OC. The molecule has 0 bridgehead atoms. The molecule has 0 spiro atoms. The average Bonchev–Trinajstić information content (AvgIpc) is 2.44. The van der Waals surface area contributed by atoms with Crippen LogP contribution < -0.4 is 15.4 Å². The molecule has 0 unspecified atom stereocenters. The van der Waals surface area contributed by atoms with Crippen molar-refractivity contribution < 1.29 is 9.53 Å². The summed E-state index contributed by atoms with van der Waals surface area (Å²) in [5.74, 6) is -0.0433. The van der Waals surface area contributed by atoms with Crippen molar-refractivity contribution >= 4 is 23.2 Å². The number of nitriles is 1. The van der Waals surface area contributed by atoms with Crippen LogP contribution in [0.5, 0.6) is 5.75 Å². The van der Waals surface area contributed by atoms with Crippen LogP contribution in [-0.4, -0.2) is 19.6 Å². The summed E-state index contributed by atoms with van der Waals surface area (Å²) >= 11 is 5.87. The maximum Gasteiger partial charge on any atom is 0.267 e. The van der Waals surface area contributed by atoms with Crippen LogP contribution in [0.4, 0.5) is 5.69 Å². The number of anilines is 1. The number of hydrogen-bond donors (Lipinski definition) is 2. The van der Waals surface area contributed by atoms with Crippen LogP contribution in [-0.2, 0) is 4.79 Å². The van der Waals surface area contributed by atoms with E-state index in [-0.39, 0.29) is 5.57 Å². The number of rotatable bonds is 6. The molecule has 1 aromatic rings. The van der Waals surface area contributed by atoms with E-state index < -0.39 is 5.91 Å². The first kappa shape index (κ1) is 15.9. The fraction of sp³-hybridized carbons (Fsp3) is 0.286. The van der Waals surface area contributed by atoms with Gasteiger partial charge in [-0.25, -0.2) is 0 Å². The van der Waals surface area contributed by atoms with Crippen molar-refractivity contribution in [1.82, 2.24) is 5.32 Å². The molecular formula is C14H16ClN3O2. The number of nitrogens with zero attached hydrogens (tertiary/aromatic N) is 1. The topological polar surface area (TPSA) is 74.2 Å². The highest BCUT2D eigenvalue weighted by Crippen LogP contribution is 2.27. The number of hydrogen-bond acceptors (Lipinski definition) is 4. The van der Waals surface area contributed by atoms with Gasteiger partial charge < -0.3 is 15.4 Å². The molecule has 106 valence electrons. The molecule has 1 aromatic carbocycles. The predicted molar refractivity (Wildman–Crippen MR) is 78.6 cm³/mol. The Labute approximate surface area is 123 Å². The van der Waals surface area contributed by atoms with Crippen molar-refractivity contribution in [3.63, 3.8) is 0 Å². The Hall–Kier alpha value is -2.19. The molecule has 0 heterocycles. The third-order valence-corrected chi connectivity index (χ3v) is 2.65. The third-order valence-electron chi connectivity index (χ3n) is 2.42. The minimum absolute atomic E-state index is 0.0134. The van der Waals surface area contributed by atoms with E-state index in [9.17, 15) is 4.79 Å². The normalized spacial score (nSPS) is 10.6. The van der Waals surface area contributed by atoms with Gasteiger partial charge in [0.15, 0.2) is 0 Å². The summed E-state index contributed by atoms with van der Waals surface area (Å²) in [6.45, 7) is 2.68. The highest BCUT2D eigenvalue weighted by atomic mass is 35.5. The number of carbonyl (C=O) groups excluding carboxylic acids is 1. The van der Waals surface area contributed by atoms with Crippen molar-refractivity contribution in [3.8, 4) is 11.8 Å². The second-order valence-electron chi connectivity index (χ2n) is 3.92. The Morgan fingerprint density at radius 1 is 1.55 bits per heavy atom. The van der Waals surface area contributed by atoms with Crippen LogP contribution in [0.25, 0.3) is 0 Å². The van der Waals surface area contributed by atoms with E-state index in [1.54, 1.807) is 18.2 Å². The number of amides is 1. The predicted octanol–water partition coefficient (Wildman–Crippen LogP) is 2.69. The first-order valence-corrected chi connectivity index (χ1v) is 6.48. The number of benzene rings is 1. The Morgan fingerprint density at radius 3 is 2.90 bits per heavy atom. The largest absolute Gasteiger partial charge is 0.495 e. The highest BCUT2D eigenvalue weighted by molar-refractivity contribution is 6.31. The zero-order valence-corrected chi connectivity index (χ0v) is 12.1. The van der Waals surface area contributed by atoms with Crippen molar-refractivity contribution in [3.05, 3.63) is 35.0 Å². The second-order valence-corrected chi connectivity index (χ2v) is 4.36. The molecule has 0 saturated carbocycles. The van der Waals surface area contributed by atoms with Gasteiger partial charge in [-0.05, 0) is 24.6 Å². The van der Waals surface area contributed by atoms with Gasteiger partial charge in [0.2, 0.25) is 0 Å². The minimum atomic E-state index is -0.517. The Kier molecular flexibility index (Phi) is 6.41. The summed E-state index contributed by atoms with van der Waals surface area (Å²) in [6.07, 6.45) is 2.30. The van der Waals surface area contributed by atoms with E-state index in [0.717, 1.165) is 6.42 Å². The van der Waals surface area contributed by atoms with Gasteiger partial charge in [-0.2, -0.15) is 5.26 Å². The maximum absolute atomic E-state index is 12.0. The number of halogens is 1. The van der Waals surface area contributed by atoms with Gasteiger partial charge in [0.05, 0.1) is 12.8 Å². The first-order chi connectivity index (χ1) is 9.62. The summed E-state index contributed by atoms with van der Waals surface area (Å²) < 4.78 is 5.12. The monoisotopic (exact) mass is 293 g/mol. The van der Waals surface area contributed by atoms with Crippen LogP contribution in [0.1, 0.15) is 13.3 Å². The molecule has 0 aromatic heterocycles. The van der Waals surface area contributed by atoms with Gasteiger partial charge >= 0.3 is 0 Å². The van der Waals surface area contributed by atoms with Crippen molar-refractivity contribution in [2.45, 2.75) is 13.3 Å². The van der Waals surface area contributed by atoms with Gasteiger partial charge in [0.25, 0.3) is 5.91 Å². The average molecular weight is 294 g/mol. The quantitative estimate of drug-likeness (QED) is 0.480. The zero-order valence-electron chi connectivity index (χ0n) is 11.4. The smallest absolute Gasteiger partial charge is 0.267 e. The molecular weight excluding hydrogens is 278 g/mol. The first-order valence-electron chi connectivity index (χ1n) is 6.11. The lowest BCUT2D eigenvalue weighted by Gasteiger charge is -2.10. The zero-order chi connectivity index (χ0) is 15.0. The molecule has 0 fully saturated rings. The number of methoxy groups -OCH3 is 1. The molecule has 2 N–H and O–H groups in total. The lowest BCUT2D eigenvalue weighted by Crippen LogP contribution is -2.17. The molecule has 1 rings (SSSR count). The van der Waals surface area contributed by atoms with Gasteiger partial charge in [0, 0.05) is 17.8 Å². The maximum atomic E-state index is 12.0. The van der Waals surface area contributed by atoms with Gasteiger partial charge in [0.1, 0.15) is 17.4 Å². The summed E-state index contributed by atoms with van der Waals surface area (Å²) in [5, 5.41) is 14.9. The Morgan fingerprint density at radius 2 is 2.30 bits per heavy atom. The Bertz CT molecular complexity index is 550. The molecule has 0 atom stereocenters. The minimum Gasteiger partial charge on any atom is -0.495 e. The van der Waals surface area contributed by atoms with Crippen LogP contribution in [0.15, 0.2) is 30.0 Å². The van der Waals surface area contributed by atoms with Crippen LogP contribution in [0, 0.1) is 11.3 Å². The lowest BCUT2D eigenvalue weighted by atomic mass is 10.2. The van der Waals surface area contributed by atoms with Gasteiger partial charge in [-0.15, -0.1) is 0 Å². The Balaban J connectivity index is 2.86. The van der Waals surface area contributed by atoms with E-state index in [1.807, 2.05) is 13.0 Å². The van der Waals surface area contributed by atoms with Crippen molar-refractivity contribution in [1.29, 1.82) is 5.26 Å². The molecule has 20 heavy (non-hydrogen) atoms. The summed E-state index contributed by atoms with van der Waals surface area (Å²) in [5.41, 5.74) is 0.405. The lowest BCUT2D eigenvalue weighted by molar-refractivity contribution is -0.112. The van der Waals surface area contributed by atoms with E-state index in [1.165, 1.54) is 13.3 Å². The highest BCUT2D eigenvalue weighted by Gasteiger charge is 2.12. The van der Waals surface area contributed by atoms with Crippen molar-refractivity contribution in [2.75, 3.05) is 19.0 Å². The van der Waals surface area contributed by atoms with Gasteiger partial charge in [-0.3, -0.25) is 4.79 Å². The standard InChI is InChI=1S/C14H16ClN3O2/c1-3-6-17-9-10(8-16)14(19)18-12-7-11(15)4-5-13(12)20-2/h4-5,7,9,17H,3,6H2,1-2H3,(H,18,19)/b10-9-. The van der Waals surface area contributed by atoms with Gasteiger partial charge in [-0.1, -0.05) is 18.5 Å². The molecule has 1 amide bonds. The van der Waals surface area contributed by atoms with Crippen LogP contribution in [0.3, 0.4) is 0 Å². The number of ether oxygens (including phenoxy) is 1. The van der Waals surface area contributed by atoms with E-state index >= 15 is 0 Å². The summed E-state index contributed by atoms with van der Waals surface area (Å²) in [4.78, 5) is 12.0. The van der Waals surface area contributed by atoms with E-state index in [2.05, 4.69) is 10.6 Å². The molecule has 0 aliphatic rings. The van der Waals surface area contributed by atoms with E-state index in [0.29, 0.717) is 23.0 Å². The van der Waals surface area contributed by atoms with E-state index in [4.69, 9.17) is 21.6 Å². The molecule has 0 aliphatic carbocycles. The van der Waals surface area contributed by atoms with Crippen molar-refractivity contribution in [2.24, 2.45) is 0 Å². The molecule has 0 radical (unpaired) electrons. The fourth-order valence-electron chi connectivity index (χ4n) is 1.43. The summed E-state index contributed by atoms with van der Waals surface area (Å²) in [6, 6.07) is 6.70. The fourth-order valence-corrected chi connectivity index (χ4v) is 1.61. The number of carbonyl (C=O) groups is 1. The van der Waals surface area contributed by atoms with Crippen LogP contribution in [0.2, 0.25) is 5.02 Å². The molecule has 0 saturated heterocycles. The molecule has 5 nitrogen and oxygen atoms in total. The van der Waals surface area contributed by atoms with Crippen LogP contribution >= 0.6 is 11.6 Å². The second kappa shape index (κ2) is 8.08. The third kappa shape index (κ3) is 4.48. The molecule has 0 aliphatic heterocycles.